The molecule has 1 aliphatic rings. The Bertz CT molecular complexity index is 1300. The maximum absolute atomic E-state index is 13.3. The van der Waals surface area contributed by atoms with Crippen LogP contribution in [0, 0.1) is 0 Å². The monoisotopic (exact) mass is 484 g/mol. The molecule has 3 aromatic heterocycles. The zero-order valence-corrected chi connectivity index (χ0v) is 20.8. The molecular weight excluding hydrogens is 452 g/mol. The summed E-state index contributed by atoms with van der Waals surface area (Å²) in [6, 6.07) is 13.8. The minimum atomic E-state index is -0.0890. The van der Waals surface area contributed by atoms with Crippen LogP contribution in [0.1, 0.15) is 36.7 Å². The first kappa shape index (κ1) is 23.9. The Balaban J connectivity index is 1.21. The van der Waals surface area contributed by atoms with Gasteiger partial charge in [0.1, 0.15) is 0 Å². The molecule has 0 saturated carbocycles. The lowest BCUT2D eigenvalue weighted by Crippen LogP contribution is -2.47. The van der Waals surface area contributed by atoms with Crippen molar-refractivity contribution in [3.8, 4) is 11.3 Å². The number of rotatable bonds is 8. The van der Waals surface area contributed by atoms with E-state index in [1.54, 1.807) is 18.6 Å². The van der Waals surface area contributed by atoms with E-state index in [0.717, 1.165) is 67.4 Å². The first-order valence-electron chi connectivity index (χ1n) is 12.6. The van der Waals surface area contributed by atoms with Crippen molar-refractivity contribution in [1.82, 2.24) is 34.9 Å². The summed E-state index contributed by atoms with van der Waals surface area (Å²) < 4.78 is 1.87. The topological polar surface area (TPSA) is 92.1 Å². The van der Waals surface area contributed by atoms with Crippen LogP contribution in [0.3, 0.4) is 0 Å². The number of amides is 1. The standard InChI is InChI=1S/C27H32N8O/c1-20(2)35-25-23(19-31-35)22(18-24(32-25)21-8-4-3-5-9-21)26(36)28-12-7-13-33-14-16-34(17-15-33)27-29-10-6-11-30-27/h3-6,8-11,18-20H,7,12-17H2,1-2H3,(H,28,36). The number of aromatic nitrogens is 5. The van der Waals surface area contributed by atoms with Crippen LogP contribution >= 0.6 is 0 Å². The maximum atomic E-state index is 13.3. The van der Waals surface area contributed by atoms with Crippen molar-refractivity contribution in [2.75, 3.05) is 44.2 Å². The fraction of sp³-hybridized carbons (Fsp3) is 0.370. The summed E-state index contributed by atoms with van der Waals surface area (Å²) in [7, 11) is 0. The van der Waals surface area contributed by atoms with Gasteiger partial charge in [-0.1, -0.05) is 30.3 Å². The third-order valence-corrected chi connectivity index (χ3v) is 6.51. The molecule has 36 heavy (non-hydrogen) atoms. The lowest BCUT2D eigenvalue weighted by molar-refractivity contribution is 0.0953. The molecular formula is C27H32N8O. The van der Waals surface area contributed by atoms with Gasteiger partial charge in [0, 0.05) is 56.7 Å². The fourth-order valence-corrected chi connectivity index (χ4v) is 4.57. The van der Waals surface area contributed by atoms with Crippen molar-refractivity contribution in [3.05, 3.63) is 66.6 Å². The van der Waals surface area contributed by atoms with Gasteiger partial charge in [-0.15, -0.1) is 0 Å². The number of hydrogen-bond acceptors (Lipinski definition) is 7. The Morgan fingerprint density at radius 3 is 2.50 bits per heavy atom. The number of nitrogens with one attached hydrogen (secondary N) is 1. The van der Waals surface area contributed by atoms with Crippen LogP contribution in [0.25, 0.3) is 22.3 Å². The maximum Gasteiger partial charge on any atom is 0.252 e. The van der Waals surface area contributed by atoms with Gasteiger partial charge in [-0.25, -0.2) is 19.6 Å². The summed E-state index contributed by atoms with van der Waals surface area (Å²) in [6.45, 7) is 9.43. The highest BCUT2D eigenvalue weighted by Gasteiger charge is 2.20. The van der Waals surface area contributed by atoms with Gasteiger partial charge in [-0.2, -0.15) is 5.10 Å². The van der Waals surface area contributed by atoms with Crippen LogP contribution in [0.15, 0.2) is 61.1 Å². The molecule has 186 valence electrons. The van der Waals surface area contributed by atoms with E-state index in [2.05, 4.69) is 44.0 Å². The normalized spacial score (nSPS) is 14.5. The van der Waals surface area contributed by atoms with Gasteiger partial charge in [0.15, 0.2) is 5.65 Å². The highest BCUT2D eigenvalue weighted by molar-refractivity contribution is 6.06. The summed E-state index contributed by atoms with van der Waals surface area (Å²) >= 11 is 0. The van der Waals surface area contributed by atoms with Gasteiger partial charge in [0.25, 0.3) is 5.91 Å². The average Bonchev–Trinajstić information content (AvgIpc) is 3.36. The van der Waals surface area contributed by atoms with Crippen molar-refractivity contribution in [2.45, 2.75) is 26.3 Å². The highest BCUT2D eigenvalue weighted by Crippen LogP contribution is 2.26. The largest absolute Gasteiger partial charge is 0.352 e. The molecule has 0 spiro atoms. The first-order valence-corrected chi connectivity index (χ1v) is 12.6. The third-order valence-electron chi connectivity index (χ3n) is 6.51. The molecule has 4 heterocycles. The summed E-state index contributed by atoms with van der Waals surface area (Å²) in [6.07, 6.45) is 6.20. The van der Waals surface area contributed by atoms with E-state index >= 15 is 0 Å². The number of nitrogens with zero attached hydrogens (tertiary/aromatic N) is 7. The number of hydrogen-bond donors (Lipinski definition) is 1. The van der Waals surface area contributed by atoms with Crippen LogP contribution in [-0.2, 0) is 0 Å². The summed E-state index contributed by atoms with van der Waals surface area (Å²) in [5.41, 5.74) is 3.10. The predicted molar refractivity (Wildman–Crippen MR) is 141 cm³/mol. The summed E-state index contributed by atoms with van der Waals surface area (Å²) in [5.74, 6) is 0.706. The predicted octanol–water partition coefficient (Wildman–Crippen LogP) is 3.41. The Kier molecular flexibility index (Phi) is 7.18. The number of carbonyl (C=O) groups is 1. The Morgan fingerprint density at radius 2 is 1.78 bits per heavy atom. The van der Waals surface area contributed by atoms with Crippen molar-refractivity contribution in [2.24, 2.45) is 0 Å². The molecule has 5 rings (SSSR count). The molecule has 0 aliphatic carbocycles. The number of benzene rings is 1. The Morgan fingerprint density at radius 1 is 1.03 bits per heavy atom. The van der Waals surface area contributed by atoms with Crippen LogP contribution in [0.4, 0.5) is 5.95 Å². The molecule has 1 aliphatic heterocycles. The molecule has 0 atom stereocenters. The number of piperazine rings is 1. The molecule has 0 bridgehead atoms. The molecule has 1 fully saturated rings. The van der Waals surface area contributed by atoms with Gasteiger partial charge >= 0.3 is 0 Å². The van der Waals surface area contributed by atoms with E-state index in [4.69, 9.17) is 4.98 Å². The zero-order valence-electron chi connectivity index (χ0n) is 20.8. The third kappa shape index (κ3) is 5.21. The van der Waals surface area contributed by atoms with E-state index in [-0.39, 0.29) is 11.9 Å². The molecule has 1 N–H and O–H groups in total. The smallest absolute Gasteiger partial charge is 0.252 e. The highest BCUT2D eigenvalue weighted by atomic mass is 16.1. The number of carbonyl (C=O) groups excluding carboxylic acids is 1. The van der Waals surface area contributed by atoms with Crippen LogP contribution in [0.2, 0.25) is 0 Å². The molecule has 1 aromatic carbocycles. The van der Waals surface area contributed by atoms with Crippen molar-refractivity contribution >= 4 is 22.9 Å². The molecule has 4 aromatic rings. The second kappa shape index (κ2) is 10.8. The van der Waals surface area contributed by atoms with Crippen LogP contribution in [0.5, 0.6) is 0 Å². The number of fused-ring (bicyclic) bond motifs is 1. The zero-order chi connectivity index (χ0) is 24.9. The molecule has 9 nitrogen and oxygen atoms in total. The van der Waals surface area contributed by atoms with Crippen LogP contribution in [-0.4, -0.2) is 74.8 Å². The molecule has 0 unspecified atom stereocenters. The second-order valence-corrected chi connectivity index (χ2v) is 9.33. The Hall–Kier alpha value is -3.85. The van der Waals surface area contributed by atoms with Crippen molar-refractivity contribution < 1.29 is 4.79 Å². The minimum Gasteiger partial charge on any atom is -0.352 e. The lowest BCUT2D eigenvalue weighted by Gasteiger charge is -2.34. The van der Waals surface area contributed by atoms with E-state index in [1.807, 2.05) is 47.1 Å². The van der Waals surface area contributed by atoms with Crippen molar-refractivity contribution in [3.63, 3.8) is 0 Å². The van der Waals surface area contributed by atoms with E-state index in [9.17, 15) is 4.79 Å². The number of pyridine rings is 1. The number of anilines is 1. The van der Waals surface area contributed by atoms with Gasteiger partial charge in [-0.3, -0.25) is 9.69 Å². The minimum absolute atomic E-state index is 0.0890. The van der Waals surface area contributed by atoms with Crippen LogP contribution < -0.4 is 10.2 Å². The molecule has 1 amide bonds. The van der Waals surface area contributed by atoms with Gasteiger partial charge < -0.3 is 10.2 Å². The van der Waals surface area contributed by atoms with E-state index in [0.29, 0.717) is 12.1 Å². The molecule has 0 radical (unpaired) electrons. The molecule has 9 heteroatoms. The first-order chi connectivity index (χ1) is 17.6. The quantitative estimate of drug-likeness (QED) is 0.383. The summed E-state index contributed by atoms with van der Waals surface area (Å²) in [4.78, 5) is 31.5. The lowest BCUT2D eigenvalue weighted by atomic mass is 10.1. The average molecular weight is 485 g/mol. The van der Waals surface area contributed by atoms with Gasteiger partial charge in [-0.05, 0) is 38.9 Å². The van der Waals surface area contributed by atoms with Crippen molar-refractivity contribution in [1.29, 1.82) is 0 Å². The van der Waals surface area contributed by atoms with Gasteiger partial charge in [0.05, 0.1) is 22.8 Å². The van der Waals surface area contributed by atoms with E-state index < -0.39 is 0 Å². The van der Waals surface area contributed by atoms with E-state index in [1.165, 1.54) is 0 Å². The second-order valence-electron chi connectivity index (χ2n) is 9.33. The molecule has 1 saturated heterocycles. The van der Waals surface area contributed by atoms with Gasteiger partial charge in [0.2, 0.25) is 5.95 Å². The Labute approximate surface area is 211 Å². The SMILES string of the molecule is CC(C)n1ncc2c(C(=O)NCCCN3CCN(c4ncccn4)CC3)cc(-c3ccccc3)nc21. The fourth-order valence-electron chi connectivity index (χ4n) is 4.57. The summed E-state index contributed by atoms with van der Waals surface area (Å²) in [5, 5.41) is 8.41.